The molecule has 0 radical (unpaired) electrons. The van der Waals surface area contributed by atoms with Crippen LogP contribution in [0.2, 0.25) is 0 Å². The summed E-state index contributed by atoms with van der Waals surface area (Å²) >= 11 is 0. The molecular formula is C29H40N7O6+. The molecule has 0 saturated carbocycles. The highest BCUT2D eigenvalue weighted by Crippen LogP contribution is 2.25. The fraction of sp³-hybridized carbons (Fsp3) is 0.448. The largest absolute Gasteiger partial charge is 0.388 e. The summed E-state index contributed by atoms with van der Waals surface area (Å²) in [6.45, 7) is 2.34. The molecule has 3 aromatic rings. The van der Waals surface area contributed by atoms with Gasteiger partial charge in [-0.05, 0) is 43.0 Å². The molecule has 1 fully saturated rings. The standard InChI is InChI=1S/C29H37N5O6.H2N2/c30-12-15-39-16-17-40-19-26(35)32-23-7-8-24-25(18-23)31-21-34(28(24)37)20-29(38)10-13-33(14-11-29)27(36)9-6-22-4-2-1-3-5-22;1-2/h1-5,7-8,18,21,38H,6,9-17,19-20,30H2,(H,32,35);1-2H/p+1. The molecule has 7 N–H and O–H groups in total. The van der Waals surface area contributed by atoms with Crippen molar-refractivity contribution in [1.29, 1.82) is 5.53 Å². The van der Waals surface area contributed by atoms with Crippen LogP contribution in [0.4, 0.5) is 5.69 Å². The van der Waals surface area contributed by atoms with Crippen LogP contribution in [-0.2, 0) is 32.0 Å². The second-order valence-electron chi connectivity index (χ2n) is 10.0. The van der Waals surface area contributed by atoms with Crippen molar-refractivity contribution < 1.29 is 29.7 Å². The number of benzene rings is 2. The first-order valence-electron chi connectivity index (χ1n) is 13.8. The summed E-state index contributed by atoms with van der Waals surface area (Å²) in [5, 5.41) is 14.3. The number of carbonyl (C=O) groups is 2. The van der Waals surface area contributed by atoms with Crippen molar-refractivity contribution in [2.75, 3.05) is 51.4 Å². The first-order chi connectivity index (χ1) is 20.4. The molecule has 0 bridgehead atoms. The Morgan fingerprint density at radius 2 is 1.79 bits per heavy atom. The summed E-state index contributed by atoms with van der Waals surface area (Å²) in [6.07, 6.45) is 3.27. The highest BCUT2D eigenvalue weighted by molar-refractivity contribution is 5.94. The van der Waals surface area contributed by atoms with E-state index >= 15 is 0 Å². The number of rotatable bonds is 13. The zero-order valence-corrected chi connectivity index (χ0v) is 23.7. The number of likely N-dealkylation sites (tertiary alicyclic amines) is 1. The maximum Gasteiger partial charge on any atom is 0.261 e. The lowest BCUT2D eigenvalue weighted by Crippen LogP contribution is -2.49. The van der Waals surface area contributed by atoms with E-state index in [-0.39, 0.29) is 37.1 Å². The first kappa shape index (κ1) is 32.5. The molecular weight excluding hydrogens is 542 g/mol. The molecule has 0 aliphatic carbocycles. The molecule has 0 unspecified atom stereocenters. The lowest BCUT2D eigenvalue weighted by Gasteiger charge is -2.38. The Morgan fingerprint density at radius 3 is 2.50 bits per heavy atom. The monoisotopic (exact) mass is 582 g/mol. The van der Waals surface area contributed by atoms with Crippen LogP contribution in [0.15, 0.2) is 59.7 Å². The van der Waals surface area contributed by atoms with Gasteiger partial charge in [-0.1, -0.05) is 35.9 Å². The number of ether oxygens (including phenoxy) is 2. The molecule has 2 heterocycles. The van der Waals surface area contributed by atoms with Crippen LogP contribution in [0.3, 0.4) is 0 Å². The van der Waals surface area contributed by atoms with Crippen molar-refractivity contribution in [3.8, 4) is 0 Å². The third-order valence-corrected chi connectivity index (χ3v) is 6.96. The van der Waals surface area contributed by atoms with Crippen molar-refractivity contribution in [1.82, 2.24) is 14.5 Å². The maximum atomic E-state index is 13.1. The van der Waals surface area contributed by atoms with Crippen molar-refractivity contribution in [3.63, 3.8) is 0 Å². The number of hydrogen-bond donors (Lipinski definition) is 5. The van der Waals surface area contributed by atoms with Gasteiger partial charge in [0.2, 0.25) is 11.8 Å². The number of amides is 2. The Labute approximate surface area is 243 Å². The second kappa shape index (κ2) is 16.4. The average molecular weight is 583 g/mol. The number of aromatic nitrogens is 2. The SMILES string of the molecule is N=[NH2+].NCCOCCOCC(=O)Nc1ccc2c(=O)n(CC3(O)CCN(C(=O)CCc4ccccc4)CC3)cnc2c1. The Kier molecular flexibility index (Phi) is 12.7. The van der Waals surface area contributed by atoms with E-state index in [2.05, 4.69) is 15.8 Å². The Morgan fingerprint density at radius 1 is 1.07 bits per heavy atom. The van der Waals surface area contributed by atoms with Gasteiger partial charge in [0, 0.05) is 31.7 Å². The molecule has 13 nitrogen and oxygen atoms in total. The van der Waals surface area contributed by atoms with Crippen molar-refractivity contribution in [2.45, 2.75) is 37.8 Å². The number of aliphatic hydroxyl groups is 1. The topological polar surface area (TPSA) is 198 Å². The van der Waals surface area contributed by atoms with Crippen molar-refractivity contribution in [3.05, 3.63) is 70.8 Å². The van der Waals surface area contributed by atoms with Crippen LogP contribution in [0.25, 0.3) is 10.9 Å². The van der Waals surface area contributed by atoms with E-state index in [1.165, 1.54) is 10.9 Å². The zero-order chi connectivity index (χ0) is 30.4. The summed E-state index contributed by atoms with van der Waals surface area (Å²) in [5.41, 5.74) is 15.0. The van der Waals surface area contributed by atoms with Crippen LogP contribution in [0.5, 0.6) is 0 Å². The predicted molar refractivity (Wildman–Crippen MR) is 155 cm³/mol. The van der Waals surface area contributed by atoms with Gasteiger partial charge in [-0.25, -0.2) is 4.98 Å². The average Bonchev–Trinajstić information content (AvgIpc) is 3.01. The number of nitrogens with two attached hydrogens (primary N) is 2. The molecule has 0 atom stereocenters. The Hall–Kier alpha value is -4.04. The predicted octanol–water partition coefficient (Wildman–Crippen LogP) is 0.0897. The molecule has 13 heteroatoms. The maximum absolute atomic E-state index is 13.1. The normalized spacial score (nSPS) is 14.2. The minimum absolute atomic E-state index is 0.0708. The Bertz CT molecular complexity index is 1360. The van der Waals surface area contributed by atoms with E-state index in [0.29, 0.717) is 75.1 Å². The number of anilines is 1. The van der Waals surface area contributed by atoms with Gasteiger partial charge >= 0.3 is 0 Å². The van der Waals surface area contributed by atoms with Gasteiger partial charge in [0.05, 0.1) is 49.2 Å². The number of fused-ring (bicyclic) bond motifs is 1. The van der Waals surface area contributed by atoms with Gasteiger partial charge in [0.25, 0.3) is 5.56 Å². The lowest BCUT2D eigenvalue weighted by molar-refractivity contribution is -0.249. The second-order valence-corrected chi connectivity index (χ2v) is 10.0. The summed E-state index contributed by atoms with van der Waals surface area (Å²) in [4.78, 5) is 44.1. The molecule has 226 valence electrons. The number of nitrogens with zero attached hydrogens (tertiary/aromatic N) is 3. The molecule has 2 amide bonds. The van der Waals surface area contributed by atoms with Gasteiger partial charge in [-0.3, -0.25) is 19.0 Å². The van der Waals surface area contributed by atoms with Crippen LogP contribution in [0, 0.1) is 5.53 Å². The molecule has 2 aromatic carbocycles. The molecule has 1 aliphatic heterocycles. The summed E-state index contributed by atoms with van der Waals surface area (Å²) in [5.74, 6) is -0.264. The number of carbonyl (C=O) groups excluding carboxylic acids is 2. The third kappa shape index (κ3) is 9.52. The number of nitrogens with one attached hydrogen (secondary N) is 2. The minimum atomic E-state index is -1.11. The summed E-state index contributed by atoms with van der Waals surface area (Å²) < 4.78 is 11.9. The molecule has 4 rings (SSSR count). The van der Waals surface area contributed by atoms with Crippen molar-refractivity contribution >= 4 is 28.4 Å². The van der Waals surface area contributed by atoms with Gasteiger partial charge in [0.15, 0.2) is 0 Å². The minimum Gasteiger partial charge on any atom is -0.388 e. The van der Waals surface area contributed by atoms with Gasteiger partial charge < -0.3 is 30.5 Å². The fourth-order valence-electron chi connectivity index (χ4n) is 4.72. The van der Waals surface area contributed by atoms with E-state index in [1.54, 1.807) is 23.1 Å². The zero-order valence-electron chi connectivity index (χ0n) is 23.7. The number of piperidine rings is 1. The molecule has 1 aliphatic rings. The third-order valence-electron chi connectivity index (χ3n) is 6.96. The van der Waals surface area contributed by atoms with E-state index in [4.69, 9.17) is 20.7 Å². The quantitative estimate of drug-likeness (QED) is 0.138. The highest BCUT2D eigenvalue weighted by atomic mass is 16.5. The number of aryl methyl sites for hydroxylation is 1. The molecule has 42 heavy (non-hydrogen) atoms. The number of hydrogen-bond acceptors (Lipinski definition) is 9. The highest BCUT2D eigenvalue weighted by Gasteiger charge is 2.34. The first-order valence-corrected chi connectivity index (χ1v) is 13.8. The smallest absolute Gasteiger partial charge is 0.261 e. The van der Waals surface area contributed by atoms with E-state index < -0.39 is 5.60 Å². The molecule has 1 saturated heterocycles. The summed E-state index contributed by atoms with van der Waals surface area (Å²) in [7, 11) is 0. The fourth-order valence-corrected chi connectivity index (χ4v) is 4.72. The van der Waals surface area contributed by atoms with E-state index in [9.17, 15) is 19.5 Å². The van der Waals surface area contributed by atoms with Crippen molar-refractivity contribution in [2.24, 2.45) is 5.73 Å². The van der Waals surface area contributed by atoms with Crippen LogP contribution < -0.4 is 22.1 Å². The molecule has 1 aromatic heterocycles. The summed E-state index contributed by atoms with van der Waals surface area (Å²) in [6, 6.07) is 14.7. The Balaban J connectivity index is 0.00000237. The lowest BCUT2D eigenvalue weighted by atomic mass is 9.91. The molecule has 0 spiro atoms. The van der Waals surface area contributed by atoms with Gasteiger partial charge in [-0.15, -0.1) is 0 Å². The van der Waals surface area contributed by atoms with E-state index in [0.717, 1.165) is 5.56 Å². The van der Waals surface area contributed by atoms with Gasteiger partial charge in [-0.2, -0.15) is 5.53 Å². The van der Waals surface area contributed by atoms with Crippen LogP contribution in [0.1, 0.15) is 24.8 Å². The van der Waals surface area contributed by atoms with E-state index in [1.807, 2.05) is 30.3 Å². The van der Waals surface area contributed by atoms with Gasteiger partial charge in [0.1, 0.15) is 6.61 Å². The van der Waals surface area contributed by atoms with Crippen LogP contribution >= 0.6 is 0 Å². The van der Waals surface area contributed by atoms with Crippen LogP contribution in [-0.4, -0.2) is 83.0 Å².